The monoisotopic (exact) mass is 199 g/mol. The van der Waals surface area contributed by atoms with Crippen molar-refractivity contribution in [3.05, 3.63) is 23.5 Å². The molecule has 14 heavy (non-hydrogen) atoms. The van der Waals surface area contributed by atoms with E-state index in [4.69, 9.17) is 20.3 Å². The second-order valence-corrected chi connectivity index (χ2v) is 3.03. The van der Waals surface area contributed by atoms with Crippen LogP contribution < -0.4 is 15.2 Å². The molecule has 1 aromatic carbocycles. The van der Waals surface area contributed by atoms with Crippen molar-refractivity contribution in [3.8, 4) is 11.5 Å². The van der Waals surface area contributed by atoms with Crippen molar-refractivity contribution >= 4 is 0 Å². The van der Waals surface area contributed by atoms with Gasteiger partial charge in [0.25, 0.3) is 0 Å². The Kier molecular flexibility index (Phi) is 2.26. The fourth-order valence-corrected chi connectivity index (χ4v) is 1.31. The number of hydrogen-bond donors (Lipinski definition) is 2. The summed E-state index contributed by atoms with van der Waals surface area (Å²) in [5.41, 5.74) is 6.04. The summed E-state index contributed by atoms with van der Waals surface area (Å²) in [4.78, 5) is 0. The minimum atomic E-state index is -0.598. The molecular formula is C9H10FNO3. The fourth-order valence-electron chi connectivity index (χ4n) is 1.31. The van der Waals surface area contributed by atoms with Crippen LogP contribution in [0.2, 0.25) is 0 Å². The molecule has 1 heterocycles. The number of nitrogens with two attached hydrogens (primary N) is 1. The van der Waals surface area contributed by atoms with Crippen LogP contribution in [0.5, 0.6) is 11.5 Å². The highest BCUT2D eigenvalue weighted by Gasteiger charge is 2.20. The molecule has 1 aromatic rings. The van der Waals surface area contributed by atoms with E-state index in [1.165, 1.54) is 6.07 Å². The Morgan fingerprint density at radius 1 is 1.50 bits per heavy atom. The lowest BCUT2D eigenvalue weighted by atomic mass is 10.1. The van der Waals surface area contributed by atoms with Gasteiger partial charge in [0.05, 0.1) is 12.6 Å². The Labute approximate surface area is 80.0 Å². The predicted molar refractivity (Wildman–Crippen MR) is 46.5 cm³/mol. The van der Waals surface area contributed by atoms with E-state index < -0.39 is 11.9 Å². The van der Waals surface area contributed by atoms with Gasteiger partial charge in [0.15, 0.2) is 11.6 Å². The number of rotatable bonds is 2. The Balaban J connectivity index is 2.41. The molecule has 4 nitrogen and oxygen atoms in total. The summed E-state index contributed by atoms with van der Waals surface area (Å²) in [7, 11) is 0. The molecule has 0 aliphatic carbocycles. The van der Waals surface area contributed by atoms with Crippen molar-refractivity contribution in [1.82, 2.24) is 0 Å². The minimum absolute atomic E-state index is 0.0179. The van der Waals surface area contributed by atoms with Gasteiger partial charge in [0, 0.05) is 0 Å². The summed E-state index contributed by atoms with van der Waals surface area (Å²) in [6.45, 7) is -0.219. The Morgan fingerprint density at radius 3 is 3.00 bits per heavy atom. The molecule has 2 rings (SSSR count). The first-order chi connectivity index (χ1) is 6.72. The number of ether oxygens (including phenoxy) is 2. The van der Waals surface area contributed by atoms with E-state index in [1.54, 1.807) is 6.07 Å². The van der Waals surface area contributed by atoms with E-state index in [1.807, 2.05) is 0 Å². The molecule has 5 heteroatoms. The molecule has 0 saturated carbocycles. The molecule has 1 aliphatic heterocycles. The number of aliphatic hydroxyl groups is 1. The maximum atomic E-state index is 13.3. The highest BCUT2D eigenvalue weighted by molar-refractivity contribution is 5.46. The van der Waals surface area contributed by atoms with Crippen molar-refractivity contribution in [3.63, 3.8) is 0 Å². The van der Waals surface area contributed by atoms with Gasteiger partial charge in [0.2, 0.25) is 12.5 Å². The molecule has 1 atom stereocenters. The third kappa shape index (κ3) is 1.40. The van der Waals surface area contributed by atoms with Gasteiger partial charge in [-0.15, -0.1) is 0 Å². The van der Waals surface area contributed by atoms with Crippen LogP contribution in [0.1, 0.15) is 11.6 Å². The average molecular weight is 199 g/mol. The predicted octanol–water partition coefficient (Wildman–Crippen LogP) is 0.546. The quantitative estimate of drug-likeness (QED) is 0.729. The van der Waals surface area contributed by atoms with Gasteiger partial charge in [-0.2, -0.15) is 0 Å². The minimum Gasteiger partial charge on any atom is -0.453 e. The zero-order valence-corrected chi connectivity index (χ0v) is 7.37. The van der Waals surface area contributed by atoms with Gasteiger partial charge in [-0.25, -0.2) is 4.39 Å². The largest absolute Gasteiger partial charge is 0.453 e. The molecule has 1 aliphatic rings. The Hall–Kier alpha value is -1.33. The van der Waals surface area contributed by atoms with Crippen molar-refractivity contribution < 1.29 is 19.0 Å². The van der Waals surface area contributed by atoms with Gasteiger partial charge in [0.1, 0.15) is 0 Å². The molecule has 0 bridgehead atoms. The van der Waals surface area contributed by atoms with Crippen LogP contribution in [0.4, 0.5) is 4.39 Å². The smallest absolute Gasteiger partial charge is 0.231 e. The second-order valence-electron chi connectivity index (χ2n) is 3.03. The zero-order chi connectivity index (χ0) is 10.1. The molecule has 0 saturated heterocycles. The molecule has 76 valence electrons. The van der Waals surface area contributed by atoms with Crippen LogP contribution in [0.25, 0.3) is 0 Å². The van der Waals surface area contributed by atoms with Crippen molar-refractivity contribution in [1.29, 1.82) is 0 Å². The van der Waals surface area contributed by atoms with Crippen LogP contribution in [0.3, 0.4) is 0 Å². The van der Waals surface area contributed by atoms with Crippen LogP contribution in [0, 0.1) is 5.82 Å². The molecule has 0 radical (unpaired) electrons. The third-order valence-corrected chi connectivity index (χ3v) is 2.07. The molecule has 1 unspecified atom stereocenters. The van der Waals surface area contributed by atoms with Gasteiger partial charge in [-0.05, 0) is 17.7 Å². The normalized spacial score (nSPS) is 15.6. The maximum Gasteiger partial charge on any atom is 0.231 e. The molecule has 0 fully saturated rings. The summed E-state index contributed by atoms with van der Waals surface area (Å²) >= 11 is 0. The van der Waals surface area contributed by atoms with Crippen molar-refractivity contribution in [2.24, 2.45) is 5.73 Å². The van der Waals surface area contributed by atoms with Gasteiger partial charge in [-0.3, -0.25) is 0 Å². The number of halogens is 1. The standard InChI is InChI=1S/C9H10FNO3/c10-6-1-5(7(11)3-12)2-8-9(6)14-4-13-8/h1-2,7,12H,3-4,11H2. The number of fused-ring (bicyclic) bond motifs is 1. The second kappa shape index (κ2) is 3.43. The topological polar surface area (TPSA) is 64.7 Å². The van der Waals surface area contributed by atoms with E-state index in [2.05, 4.69) is 0 Å². The third-order valence-electron chi connectivity index (χ3n) is 2.07. The van der Waals surface area contributed by atoms with Crippen LogP contribution in [-0.4, -0.2) is 18.5 Å². The summed E-state index contributed by atoms with van der Waals surface area (Å²) in [6, 6.07) is 2.22. The first kappa shape index (κ1) is 9.23. The van der Waals surface area contributed by atoms with E-state index in [0.29, 0.717) is 11.3 Å². The van der Waals surface area contributed by atoms with Crippen LogP contribution >= 0.6 is 0 Å². The molecule has 0 aromatic heterocycles. The Morgan fingerprint density at radius 2 is 2.29 bits per heavy atom. The van der Waals surface area contributed by atoms with Gasteiger partial charge in [-0.1, -0.05) is 0 Å². The van der Waals surface area contributed by atoms with Crippen molar-refractivity contribution in [2.75, 3.05) is 13.4 Å². The lowest BCUT2D eigenvalue weighted by Crippen LogP contribution is -2.14. The molecule has 0 amide bonds. The molecule has 3 N–H and O–H groups in total. The van der Waals surface area contributed by atoms with Gasteiger partial charge < -0.3 is 20.3 Å². The van der Waals surface area contributed by atoms with Gasteiger partial charge >= 0.3 is 0 Å². The van der Waals surface area contributed by atoms with E-state index in [9.17, 15) is 4.39 Å². The number of benzene rings is 1. The maximum absolute atomic E-state index is 13.3. The average Bonchev–Trinajstić information content (AvgIpc) is 2.64. The zero-order valence-electron chi connectivity index (χ0n) is 7.37. The SMILES string of the molecule is NC(CO)c1cc(F)c2c(c1)OCO2. The fraction of sp³-hybridized carbons (Fsp3) is 0.333. The highest BCUT2D eigenvalue weighted by atomic mass is 19.1. The first-order valence-corrected chi connectivity index (χ1v) is 4.18. The van der Waals surface area contributed by atoms with Crippen molar-refractivity contribution in [2.45, 2.75) is 6.04 Å². The lowest BCUT2D eigenvalue weighted by Gasteiger charge is -2.09. The summed E-state index contributed by atoms with van der Waals surface area (Å²) in [6.07, 6.45) is 0. The lowest BCUT2D eigenvalue weighted by molar-refractivity contribution is 0.171. The van der Waals surface area contributed by atoms with Crippen LogP contribution in [0.15, 0.2) is 12.1 Å². The van der Waals surface area contributed by atoms with E-state index >= 15 is 0 Å². The number of aliphatic hydroxyl groups excluding tert-OH is 1. The summed E-state index contributed by atoms with van der Waals surface area (Å²) in [5, 5.41) is 8.81. The molecular weight excluding hydrogens is 189 g/mol. The molecule has 0 spiro atoms. The van der Waals surface area contributed by atoms with E-state index in [-0.39, 0.29) is 19.1 Å². The summed E-state index contributed by atoms with van der Waals surface area (Å²) in [5.74, 6) is -0.0679. The highest BCUT2D eigenvalue weighted by Crippen LogP contribution is 2.36. The first-order valence-electron chi connectivity index (χ1n) is 4.18. The van der Waals surface area contributed by atoms with E-state index in [0.717, 1.165) is 0 Å². The Bertz CT molecular complexity index is 356. The van der Waals surface area contributed by atoms with Crippen LogP contribution in [-0.2, 0) is 0 Å². The summed E-state index contributed by atoms with van der Waals surface area (Å²) < 4.78 is 23.2. The number of hydrogen-bond acceptors (Lipinski definition) is 4.